The van der Waals surface area contributed by atoms with Gasteiger partial charge in [0.2, 0.25) is 5.91 Å². The number of para-hydroxylation sites is 1. The lowest BCUT2D eigenvalue weighted by atomic mass is 9.90. The van der Waals surface area contributed by atoms with Crippen LogP contribution in [0.2, 0.25) is 0 Å². The van der Waals surface area contributed by atoms with Gasteiger partial charge in [0.05, 0.1) is 30.6 Å². The largest absolute Gasteiger partial charge is 0.490 e. The molecule has 186 valence electrons. The molecule has 0 N–H and O–H groups in total. The van der Waals surface area contributed by atoms with Gasteiger partial charge in [-0.05, 0) is 67.8 Å². The number of anilines is 2. The number of benzene rings is 3. The zero-order valence-electron chi connectivity index (χ0n) is 20.7. The van der Waals surface area contributed by atoms with Crippen molar-refractivity contribution in [3.8, 4) is 11.5 Å². The van der Waals surface area contributed by atoms with Gasteiger partial charge in [-0.15, -0.1) is 0 Å². The molecular weight excluding hydrogens is 456 g/mol. The van der Waals surface area contributed by atoms with Crippen LogP contribution >= 0.6 is 0 Å². The molecule has 7 heteroatoms. The first-order valence-corrected chi connectivity index (χ1v) is 12.4. The molecule has 0 radical (unpaired) electrons. The summed E-state index contributed by atoms with van der Waals surface area (Å²) >= 11 is 0. The average Bonchev–Trinajstić information content (AvgIpc) is 3.39. The van der Waals surface area contributed by atoms with Gasteiger partial charge in [-0.25, -0.2) is 9.96 Å². The summed E-state index contributed by atoms with van der Waals surface area (Å²) in [6.45, 7) is 6.94. The molecule has 2 fully saturated rings. The summed E-state index contributed by atoms with van der Waals surface area (Å²) in [5.74, 6) is -0.0861. The number of aryl methyl sites for hydroxylation is 1. The van der Waals surface area contributed by atoms with Crippen LogP contribution < -0.4 is 19.4 Å². The second kappa shape index (κ2) is 10.0. The highest BCUT2D eigenvalue weighted by Gasteiger charge is 2.60. The van der Waals surface area contributed by atoms with Gasteiger partial charge in [-0.2, -0.15) is 0 Å². The van der Waals surface area contributed by atoms with E-state index in [1.54, 1.807) is 11.1 Å². The number of carbonyl (C=O) groups is 2. The molecule has 2 aliphatic heterocycles. The van der Waals surface area contributed by atoms with E-state index in [9.17, 15) is 9.59 Å². The summed E-state index contributed by atoms with van der Waals surface area (Å²) in [6.07, 6.45) is -0.0458. The van der Waals surface area contributed by atoms with E-state index in [0.29, 0.717) is 30.4 Å². The number of hydrogen-bond acceptors (Lipinski definition) is 6. The zero-order valence-corrected chi connectivity index (χ0v) is 20.7. The zero-order chi connectivity index (χ0) is 25.2. The molecule has 0 unspecified atom stereocenters. The minimum atomic E-state index is -0.922. The normalized spacial score (nSPS) is 21.1. The Kier molecular flexibility index (Phi) is 6.65. The van der Waals surface area contributed by atoms with Crippen LogP contribution in [0, 0.1) is 12.8 Å². The second-order valence-electron chi connectivity index (χ2n) is 9.00. The van der Waals surface area contributed by atoms with Crippen LogP contribution in [0.4, 0.5) is 11.4 Å². The summed E-state index contributed by atoms with van der Waals surface area (Å²) in [4.78, 5) is 34.9. The Morgan fingerprint density at radius 2 is 1.61 bits per heavy atom. The lowest BCUT2D eigenvalue weighted by Gasteiger charge is -2.29. The van der Waals surface area contributed by atoms with Gasteiger partial charge in [-0.1, -0.05) is 43.3 Å². The standard InChI is InChI=1S/C29H30N2O5/c1-4-16-35-23-15-14-20(18-24(23)34-5-2)26-25-27(36-31(26)21-11-7-6-8-12-21)29(33)30(28(25)32)22-13-9-10-19(3)17-22/h6-15,17-18,25-27H,4-5,16H2,1-3H3/t25-,26-,27-/m0/s1. The molecule has 2 amide bonds. The van der Waals surface area contributed by atoms with E-state index >= 15 is 0 Å². The minimum absolute atomic E-state index is 0.275. The number of nitrogens with zero attached hydrogens (tertiary/aromatic N) is 2. The van der Waals surface area contributed by atoms with Crippen LogP contribution in [-0.4, -0.2) is 31.1 Å². The lowest BCUT2D eigenvalue weighted by Crippen LogP contribution is -2.37. The third-order valence-corrected chi connectivity index (χ3v) is 6.46. The smallest absolute Gasteiger partial charge is 0.266 e. The van der Waals surface area contributed by atoms with E-state index in [1.807, 2.05) is 87.5 Å². The predicted octanol–water partition coefficient (Wildman–Crippen LogP) is 5.23. The summed E-state index contributed by atoms with van der Waals surface area (Å²) in [5.41, 5.74) is 3.11. The Bertz CT molecular complexity index is 1260. The Morgan fingerprint density at radius 1 is 0.833 bits per heavy atom. The molecule has 2 heterocycles. The SMILES string of the molecule is CCCOc1ccc([C@H]2[C@@H]3C(=O)N(c4cccc(C)c4)C(=O)[C@H]3ON2c2ccccc2)cc1OCC. The minimum Gasteiger partial charge on any atom is -0.490 e. The van der Waals surface area contributed by atoms with E-state index < -0.39 is 18.1 Å². The van der Waals surface area contributed by atoms with Crippen molar-refractivity contribution in [3.05, 3.63) is 83.9 Å². The highest BCUT2D eigenvalue weighted by Crippen LogP contribution is 2.48. The number of hydrogen-bond donors (Lipinski definition) is 0. The molecule has 7 nitrogen and oxygen atoms in total. The molecule has 36 heavy (non-hydrogen) atoms. The number of fused-ring (bicyclic) bond motifs is 1. The predicted molar refractivity (Wildman–Crippen MR) is 137 cm³/mol. The topological polar surface area (TPSA) is 68.3 Å². The van der Waals surface area contributed by atoms with Gasteiger partial charge < -0.3 is 9.47 Å². The molecule has 0 bridgehead atoms. The van der Waals surface area contributed by atoms with Crippen LogP contribution in [0.5, 0.6) is 11.5 Å². The first-order valence-electron chi connectivity index (χ1n) is 12.4. The Morgan fingerprint density at radius 3 is 2.33 bits per heavy atom. The van der Waals surface area contributed by atoms with Gasteiger partial charge in [0.25, 0.3) is 5.91 Å². The number of rotatable bonds is 8. The molecule has 0 aliphatic carbocycles. The van der Waals surface area contributed by atoms with Crippen molar-refractivity contribution in [2.75, 3.05) is 23.2 Å². The maximum atomic E-state index is 13.8. The van der Waals surface area contributed by atoms with Gasteiger partial charge in [0.15, 0.2) is 17.6 Å². The van der Waals surface area contributed by atoms with E-state index in [0.717, 1.165) is 23.2 Å². The van der Waals surface area contributed by atoms with Crippen molar-refractivity contribution < 1.29 is 23.9 Å². The van der Waals surface area contributed by atoms with Crippen molar-refractivity contribution >= 4 is 23.2 Å². The molecule has 0 aromatic heterocycles. The van der Waals surface area contributed by atoms with Crippen LogP contribution in [0.1, 0.15) is 37.4 Å². The summed E-state index contributed by atoms with van der Waals surface area (Å²) in [6, 6.07) is 22.1. The number of hydroxylamine groups is 1. The van der Waals surface area contributed by atoms with E-state index in [-0.39, 0.29) is 11.8 Å². The molecule has 0 spiro atoms. The van der Waals surface area contributed by atoms with Gasteiger partial charge in [0, 0.05) is 0 Å². The highest BCUT2D eigenvalue weighted by molar-refractivity contribution is 6.24. The van der Waals surface area contributed by atoms with Gasteiger partial charge >= 0.3 is 0 Å². The van der Waals surface area contributed by atoms with Crippen molar-refractivity contribution in [1.29, 1.82) is 0 Å². The third-order valence-electron chi connectivity index (χ3n) is 6.46. The fourth-order valence-electron chi connectivity index (χ4n) is 4.88. The molecular formula is C29H30N2O5. The second-order valence-corrected chi connectivity index (χ2v) is 9.00. The first kappa shape index (κ1) is 23.9. The van der Waals surface area contributed by atoms with Crippen molar-refractivity contribution in [3.63, 3.8) is 0 Å². The van der Waals surface area contributed by atoms with Crippen LogP contribution in [0.3, 0.4) is 0 Å². The number of imide groups is 1. The molecule has 3 atom stereocenters. The third kappa shape index (κ3) is 4.20. The Hall–Kier alpha value is -3.84. The van der Waals surface area contributed by atoms with Crippen molar-refractivity contribution in [2.24, 2.45) is 5.92 Å². The molecule has 3 aromatic carbocycles. The van der Waals surface area contributed by atoms with Crippen molar-refractivity contribution in [1.82, 2.24) is 0 Å². The van der Waals surface area contributed by atoms with Crippen LogP contribution in [0.15, 0.2) is 72.8 Å². The Labute approximate surface area is 211 Å². The van der Waals surface area contributed by atoms with Crippen LogP contribution in [-0.2, 0) is 14.4 Å². The van der Waals surface area contributed by atoms with E-state index in [4.69, 9.17) is 14.3 Å². The average molecular weight is 487 g/mol. The maximum Gasteiger partial charge on any atom is 0.266 e. The molecule has 5 rings (SSSR count). The number of carbonyl (C=O) groups excluding carboxylic acids is 2. The number of amides is 2. The summed E-state index contributed by atoms with van der Waals surface area (Å²) in [5, 5.41) is 1.69. The quantitative estimate of drug-likeness (QED) is 0.406. The summed E-state index contributed by atoms with van der Waals surface area (Å²) < 4.78 is 11.8. The molecule has 0 saturated carbocycles. The van der Waals surface area contributed by atoms with E-state index in [2.05, 4.69) is 0 Å². The fraction of sp³-hybridized carbons (Fsp3) is 0.310. The van der Waals surface area contributed by atoms with Crippen molar-refractivity contribution in [2.45, 2.75) is 39.3 Å². The highest BCUT2D eigenvalue weighted by atomic mass is 16.7. The molecule has 2 saturated heterocycles. The summed E-state index contributed by atoms with van der Waals surface area (Å²) in [7, 11) is 0. The molecule has 2 aliphatic rings. The maximum absolute atomic E-state index is 13.8. The van der Waals surface area contributed by atoms with Crippen LogP contribution in [0.25, 0.3) is 0 Å². The fourth-order valence-corrected chi connectivity index (χ4v) is 4.88. The van der Waals surface area contributed by atoms with Gasteiger partial charge in [-0.3, -0.25) is 14.4 Å². The Balaban J connectivity index is 1.58. The monoisotopic (exact) mass is 486 g/mol. The number of ether oxygens (including phenoxy) is 2. The van der Waals surface area contributed by atoms with E-state index in [1.165, 1.54) is 4.90 Å². The molecule has 3 aromatic rings. The lowest BCUT2D eigenvalue weighted by molar-refractivity contribution is -0.126. The first-order chi connectivity index (χ1) is 17.5. The van der Waals surface area contributed by atoms with Gasteiger partial charge in [0.1, 0.15) is 5.92 Å².